The molecular formula is C35H47NO3. The molecular weight excluding hydrogens is 482 g/mol. The molecule has 0 atom stereocenters. The van der Waals surface area contributed by atoms with Crippen molar-refractivity contribution in [1.82, 2.24) is 4.98 Å². The number of aryl methyl sites for hydroxylation is 1. The van der Waals surface area contributed by atoms with Gasteiger partial charge in [-0.2, -0.15) is 0 Å². The van der Waals surface area contributed by atoms with Crippen molar-refractivity contribution < 1.29 is 14.3 Å². The molecule has 4 nitrogen and oxygen atoms in total. The van der Waals surface area contributed by atoms with Gasteiger partial charge in [-0.3, -0.25) is 4.98 Å². The van der Waals surface area contributed by atoms with E-state index in [-0.39, 0.29) is 5.97 Å². The fourth-order valence-corrected chi connectivity index (χ4v) is 4.63. The molecule has 0 aliphatic rings. The second kappa shape index (κ2) is 18.3. The van der Waals surface area contributed by atoms with Crippen molar-refractivity contribution in [3.8, 4) is 17.0 Å². The zero-order valence-electron chi connectivity index (χ0n) is 24.1. The fraction of sp³-hybridized carbons (Fsp3) is 0.486. The third-order valence-electron chi connectivity index (χ3n) is 7.10. The standard InChI is InChI=1S/C35H47NO3/c1-3-5-7-9-10-12-14-26-38-28-30-18-25-34(36-27-30)31-21-23-33(24-22-31)39-35(37)32-19-16-29(17-20-32)15-13-11-8-6-4-2/h16-25,27H,3-15,26,28H2,1-2H3. The van der Waals surface area contributed by atoms with Gasteiger partial charge in [-0.1, -0.05) is 96.3 Å². The molecule has 1 heterocycles. The van der Waals surface area contributed by atoms with Crippen LogP contribution in [-0.4, -0.2) is 17.6 Å². The van der Waals surface area contributed by atoms with Gasteiger partial charge in [0.25, 0.3) is 0 Å². The SMILES string of the molecule is CCCCCCCCCOCc1ccc(-c2ccc(OC(=O)c3ccc(CCCCCCC)cc3)cc2)nc1. The minimum absolute atomic E-state index is 0.337. The van der Waals surface area contributed by atoms with Crippen LogP contribution in [0, 0.1) is 0 Å². The summed E-state index contributed by atoms with van der Waals surface area (Å²) in [5, 5.41) is 0. The topological polar surface area (TPSA) is 48.4 Å². The molecule has 0 unspecified atom stereocenters. The number of carbonyl (C=O) groups is 1. The maximum absolute atomic E-state index is 12.6. The summed E-state index contributed by atoms with van der Waals surface area (Å²) in [7, 11) is 0. The first-order chi connectivity index (χ1) is 19.2. The molecule has 1 aromatic heterocycles. The summed E-state index contributed by atoms with van der Waals surface area (Å²) in [5.74, 6) is 0.190. The highest BCUT2D eigenvalue weighted by atomic mass is 16.5. The highest BCUT2D eigenvalue weighted by Crippen LogP contribution is 2.22. The summed E-state index contributed by atoms with van der Waals surface area (Å²) >= 11 is 0. The molecule has 0 bridgehead atoms. The molecule has 3 rings (SSSR count). The van der Waals surface area contributed by atoms with E-state index >= 15 is 0 Å². The maximum Gasteiger partial charge on any atom is 0.343 e. The van der Waals surface area contributed by atoms with Crippen molar-refractivity contribution in [3.63, 3.8) is 0 Å². The first-order valence-corrected chi connectivity index (χ1v) is 15.1. The number of benzene rings is 2. The Morgan fingerprint density at radius 2 is 1.28 bits per heavy atom. The number of hydrogen-bond donors (Lipinski definition) is 0. The highest BCUT2D eigenvalue weighted by molar-refractivity contribution is 5.91. The van der Waals surface area contributed by atoms with Gasteiger partial charge in [-0.05, 0) is 72.9 Å². The Balaban J connectivity index is 1.38. The molecule has 39 heavy (non-hydrogen) atoms. The van der Waals surface area contributed by atoms with Crippen molar-refractivity contribution in [2.24, 2.45) is 0 Å². The second-order valence-electron chi connectivity index (χ2n) is 10.5. The Kier molecular flexibility index (Phi) is 14.4. The van der Waals surface area contributed by atoms with E-state index in [2.05, 4.69) is 24.9 Å². The first kappa shape index (κ1) is 30.6. The minimum Gasteiger partial charge on any atom is -0.423 e. The molecule has 210 valence electrons. The molecule has 0 aliphatic carbocycles. The zero-order valence-corrected chi connectivity index (χ0v) is 24.1. The molecule has 0 aliphatic heterocycles. The number of pyridine rings is 1. The van der Waals surface area contributed by atoms with Crippen molar-refractivity contribution >= 4 is 5.97 Å². The van der Waals surface area contributed by atoms with Gasteiger partial charge in [-0.25, -0.2) is 4.79 Å². The van der Waals surface area contributed by atoms with Gasteiger partial charge in [0.15, 0.2) is 0 Å². The quantitative estimate of drug-likeness (QED) is 0.0881. The third-order valence-corrected chi connectivity index (χ3v) is 7.10. The van der Waals surface area contributed by atoms with Crippen LogP contribution in [0.25, 0.3) is 11.3 Å². The maximum atomic E-state index is 12.6. The van der Waals surface area contributed by atoms with Gasteiger partial charge in [0, 0.05) is 18.4 Å². The van der Waals surface area contributed by atoms with Crippen molar-refractivity contribution in [1.29, 1.82) is 0 Å². The number of rotatable bonds is 19. The molecule has 0 saturated carbocycles. The van der Waals surface area contributed by atoms with Crippen LogP contribution < -0.4 is 4.74 Å². The monoisotopic (exact) mass is 529 g/mol. The lowest BCUT2D eigenvalue weighted by Crippen LogP contribution is -2.08. The average Bonchev–Trinajstić information content (AvgIpc) is 2.97. The van der Waals surface area contributed by atoms with Gasteiger partial charge < -0.3 is 9.47 Å². The smallest absolute Gasteiger partial charge is 0.343 e. The number of aromatic nitrogens is 1. The highest BCUT2D eigenvalue weighted by Gasteiger charge is 2.09. The van der Waals surface area contributed by atoms with Gasteiger partial charge >= 0.3 is 5.97 Å². The van der Waals surface area contributed by atoms with E-state index in [0.29, 0.717) is 17.9 Å². The van der Waals surface area contributed by atoms with E-state index in [1.54, 1.807) is 0 Å². The third kappa shape index (κ3) is 11.7. The zero-order chi connectivity index (χ0) is 27.5. The number of hydrogen-bond acceptors (Lipinski definition) is 4. The van der Waals surface area contributed by atoms with Crippen molar-refractivity contribution in [3.05, 3.63) is 83.6 Å². The van der Waals surface area contributed by atoms with Crippen LogP contribution in [0.5, 0.6) is 5.75 Å². The Hall–Kier alpha value is -2.98. The van der Waals surface area contributed by atoms with Crippen LogP contribution in [0.4, 0.5) is 0 Å². The predicted molar refractivity (Wildman–Crippen MR) is 161 cm³/mol. The van der Waals surface area contributed by atoms with Gasteiger partial charge in [-0.15, -0.1) is 0 Å². The van der Waals surface area contributed by atoms with Crippen LogP contribution in [0.15, 0.2) is 66.9 Å². The summed E-state index contributed by atoms with van der Waals surface area (Å²) < 4.78 is 11.4. The largest absolute Gasteiger partial charge is 0.423 e. The van der Waals surface area contributed by atoms with E-state index in [1.807, 2.05) is 60.8 Å². The minimum atomic E-state index is -0.337. The van der Waals surface area contributed by atoms with Gasteiger partial charge in [0.2, 0.25) is 0 Å². The molecule has 0 N–H and O–H groups in total. The van der Waals surface area contributed by atoms with E-state index < -0.39 is 0 Å². The molecule has 0 spiro atoms. The average molecular weight is 530 g/mol. The predicted octanol–water partition coefficient (Wildman–Crippen LogP) is 9.75. The Labute approximate surface area is 236 Å². The normalized spacial score (nSPS) is 11.0. The van der Waals surface area contributed by atoms with Gasteiger partial charge in [0.1, 0.15) is 5.75 Å². The molecule has 4 heteroatoms. The Morgan fingerprint density at radius 1 is 0.667 bits per heavy atom. The summed E-state index contributed by atoms with van der Waals surface area (Å²) in [5.41, 5.74) is 4.78. The van der Waals surface area contributed by atoms with Gasteiger partial charge in [0.05, 0.1) is 17.9 Å². The first-order valence-electron chi connectivity index (χ1n) is 15.1. The molecule has 0 saturated heterocycles. The van der Waals surface area contributed by atoms with E-state index in [9.17, 15) is 4.79 Å². The van der Waals surface area contributed by atoms with E-state index in [4.69, 9.17) is 9.47 Å². The lowest BCUT2D eigenvalue weighted by Gasteiger charge is -2.08. The van der Waals surface area contributed by atoms with Crippen LogP contribution in [0.1, 0.15) is 112 Å². The summed E-state index contributed by atoms with van der Waals surface area (Å²) in [6.07, 6.45) is 18.3. The Bertz CT molecular complexity index is 1060. The Morgan fingerprint density at radius 3 is 1.92 bits per heavy atom. The lowest BCUT2D eigenvalue weighted by molar-refractivity contribution is 0.0734. The lowest BCUT2D eigenvalue weighted by atomic mass is 10.0. The van der Waals surface area contributed by atoms with Crippen LogP contribution in [-0.2, 0) is 17.8 Å². The fourth-order valence-electron chi connectivity index (χ4n) is 4.63. The summed E-state index contributed by atoms with van der Waals surface area (Å²) in [6, 6.07) is 19.4. The second-order valence-corrected chi connectivity index (χ2v) is 10.5. The molecule has 0 fully saturated rings. The molecule has 0 radical (unpaired) electrons. The molecule has 0 amide bonds. The summed E-state index contributed by atoms with van der Waals surface area (Å²) in [4.78, 5) is 17.2. The number of esters is 1. The van der Waals surface area contributed by atoms with Crippen molar-refractivity contribution in [2.45, 2.75) is 104 Å². The number of carbonyl (C=O) groups excluding carboxylic acids is 1. The van der Waals surface area contributed by atoms with Crippen LogP contribution >= 0.6 is 0 Å². The van der Waals surface area contributed by atoms with E-state index in [1.165, 1.54) is 76.2 Å². The summed E-state index contributed by atoms with van der Waals surface area (Å²) in [6.45, 7) is 5.88. The van der Waals surface area contributed by atoms with Crippen molar-refractivity contribution in [2.75, 3.05) is 6.61 Å². The van der Waals surface area contributed by atoms with Crippen LogP contribution in [0.2, 0.25) is 0 Å². The number of nitrogens with zero attached hydrogens (tertiary/aromatic N) is 1. The molecule has 2 aromatic carbocycles. The van der Waals surface area contributed by atoms with E-state index in [0.717, 1.165) is 36.3 Å². The number of ether oxygens (including phenoxy) is 2. The molecule has 3 aromatic rings. The number of unbranched alkanes of at least 4 members (excludes halogenated alkanes) is 10. The van der Waals surface area contributed by atoms with Crippen LogP contribution in [0.3, 0.4) is 0 Å².